The first-order chi connectivity index (χ1) is 24.1. The highest BCUT2D eigenvalue weighted by Gasteiger charge is 2.59. The lowest BCUT2D eigenvalue weighted by molar-refractivity contribution is -0.151. The van der Waals surface area contributed by atoms with Gasteiger partial charge in [-0.2, -0.15) is 0 Å². The van der Waals surface area contributed by atoms with Crippen LogP contribution in [0, 0.1) is 46.3 Å². The monoisotopic (exact) mass is 680 g/mol. The van der Waals surface area contributed by atoms with Crippen molar-refractivity contribution in [3.63, 3.8) is 0 Å². The maximum Gasteiger partial charge on any atom is 0.311 e. The van der Waals surface area contributed by atoms with Gasteiger partial charge in [0, 0.05) is 19.3 Å². The SMILES string of the molecule is CC(C)CCC[C@@H](C)[C@H]1CC[C@H]2[C@@H]3CC=C4CC(OC(=O)CCCCCC(=O)Oc5ccc(-c6ccccc6)cc5)CC[C@]4(C)[C@H]3CC[C@]12C. The average Bonchev–Trinajstić information content (AvgIpc) is 3.46. The molecule has 8 atom stereocenters. The number of ether oxygens (including phenoxy) is 2. The van der Waals surface area contributed by atoms with Gasteiger partial charge < -0.3 is 9.47 Å². The van der Waals surface area contributed by atoms with Crippen molar-refractivity contribution < 1.29 is 19.1 Å². The van der Waals surface area contributed by atoms with Gasteiger partial charge in [-0.1, -0.05) is 114 Å². The van der Waals surface area contributed by atoms with Gasteiger partial charge in [0.2, 0.25) is 0 Å². The number of rotatable bonds is 14. The fourth-order valence-corrected chi connectivity index (χ4v) is 11.2. The number of fused-ring (bicyclic) bond motifs is 5. The van der Waals surface area contributed by atoms with Gasteiger partial charge in [0.15, 0.2) is 0 Å². The van der Waals surface area contributed by atoms with Gasteiger partial charge >= 0.3 is 11.9 Å². The number of unbranched alkanes of at least 4 members (excludes halogenated alkanes) is 2. The third-order valence-corrected chi connectivity index (χ3v) is 14.0. The summed E-state index contributed by atoms with van der Waals surface area (Å²) in [6.45, 7) is 12.5. The predicted octanol–water partition coefficient (Wildman–Crippen LogP) is 12.2. The van der Waals surface area contributed by atoms with Crippen LogP contribution in [-0.4, -0.2) is 18.0 Å². The number of carbonyl (C=O) groups excluding carboxylic acids is 2. The molecule has 4 aliphatic carbocycles. The van der Waals surface area contributed by atoms with Crippen molar-refractivity contribution in [2.24, 2.45) is 46.3 Å². The number of hydrogen-bond donors (Lipinski definition) is 0. The molecule has 0 amide bonds. The molecule has 0 aromatic heterocycles. The molecule has 0 heterocycles. The molecule has 3 fully saturated rings. The van der Waals surface area contributed by atoms with Crippen molar-refractivity contribution in [3.8, 4) is 16.9 Å². The minimum Gasteiger partial charge on any atom is -0.462 e. The Labute approximate surface area is 303 Å². The zero-order valence-electron chi connectivity index (χ0n) is 31.8. The third kappa shape index (κ3) is 8.26. The minimum atomic E-state index is -0.227. The molecular weight excluding hydrogens is 617 g/mol. The second-order valence-electron chi connectivity index (χ2n) is 17.6. The number of carbonyl (C=O) groups is 2. The molecule has 0 saturated heterocycles. The van der Waals surface area contributed by atoms with E-state index < -0.39 is 0 Å². The first-order valence-electron chi connectivity index (χ1n) is 20.3. The Morgan fingerprint density at radius 3 is 2.22 bits per heavy atom. The van der Waals surface area contributed by atoms with Gasteiger partial charge in [-0.05, 0) is 127 Å². The van der Waals surface area contributed by atoms with E-state index in [1.165, 1.54) is 51.4 Å². The van der Waals surface area contributed by atoms with E-state index >= 15 is 0 Å². The molecule has 272 valence electrons. The van der Waals surface area contributed by atoms with Gasteiger partial charge in [0.1, 0.15) is 11.9 Å². The zero-order valence-corrected chi connectivity index (χ0v) is 31.8. The lowest BCUT2D eigenvalue weighted by Crippen LogP contribution is -2.51. The van der Waals surface area contributed by atoms with Crippen molar-refractivity contribution in [2.45, 2.75) is 143 Å². The maximum absolute atomic E-state index is 12.9. The van der Waals surface area contributed by atoms with Crippen LogP contribution < -0.4 is 4.74 Å². The lowest BCUT2D eigenvalue weighted by atomic mass is 9.47. The smallest absolute Gasteiger partial charge is 0.311 e. The highest BCUT2D eigenvalue weighted by molar-refractivity contribution is 5.73. The molecule has 3 saturated carbocycles. The van der Waals surface area contributed by atoms with Crippen LogP contribution in [0.25, 0.3) is 11.1 Å². The third-order valence-electron chi connectivity index (χ3n) is 14.0. The average molecular weight is 681 g/mol. The molecule has 1 unspecified atom stereocenters. The van der Waals surface area contributed by atoms with Crippen LogP contribution in [0.5, 0.6) is 5.75 Å². The summed E-state index contributed by atoms with van der Waals surface area (Å²) in [5.41, 5.74) is 4.60. The first kappa shape index (κ1) is 36.9. The molecule has 6 rings (SSSR count). The van der Waals surface area contributed by atoms with Crippen LogP contribution in [0.3, 0.4) is 0 Å². The van der Waals surface area contributed by atoms with Crippen LogP contribution >= 0.6 is 0 Å². The fourth-order valence-electron chi connectivity index (χ4n) is 11.2. The van der Waals surface area contributed by atoms with Crippen LogP contribution in [0.4, 0.5) is 0 Å². The summed E-state index contributed by atoms with van der Waals surface area (Å²) in [7, 11) is 0. The summed E-state index contributed by atoms with van der Waals surface area (Å²) in [4.78, 5) is 25.3. The van der Waals surface area contributed by atoms with Crippen LogP contribution in [-0.2, 0) is 14.3 Å². The highest BCUT2D eigenvalue weighted by atomic mass is 16.5. The topological polar surface area (TPSA) is 52.6 Å². The summed E-state index contributed by atoms with van der Waals surface area (Å²) in [5.74, 6) is 5.30. The number of benzene rings is 2. The van der Waals surface area contributed by atoms with Gasteiger partial charge in [-0.3, -0.25) is 9.59 Å². The summed E-state index contributed by atoms with van der Waals surface area (Å²) < 4.78 is 11.6. The van der Waals surface area contributed by atoms with Gasteiger partial charge in [0.05, 0.1) is 0 Å². The van der Waals surface area contributed by atoms with Gasteiger partial charge in [0.25, 0.3) is 0 Å². The Bertz CT molecular complexity index is 1460. The predicted molar refractivity (Wildman–Crippen MR) is 204 cm³/mol. The first-order valence-corrected chi connectivity index (χ1v) is 20.3. The molecule has 0 spiro atoms. The Morgan fingerprint density at radius 1 is 0.760 bits per heavy atom. The summed E-state index contributed by atoms with van der Waals surface area (Å²) >= 11 is 0. The molecule has 0 bridgehead atoms. The molecular formula is C46H64O4. The van der Waals surface area contributed by atoms with E-state index in [9.17, 15) is 9.59 Å². The summed E-state index contributed by atoms with van der Waals surface area (Å²) in [6.07, 6.45) is 19.7. The van der Waals surface area contributed by atoms with Gasteiger partial charge in [-0.15, -0.1) is 0 Å². The Hall–Kier alpha value is -2.88. The molecule has 0 N–H and O–H groups in total. The number of hydrogen-bond acceptors (Lipinski definition) is 4. The molecule has 0 radical (unpaired) electrons. The van der Waals surface area contributed by atoms with E-state index in [0.29, 0.717) is 30.4 Å². The van der Waals surface area contributed by atoms with Crippen LogP contribution in [0.15, 0.2) is 66.2 Å². The van der Waals surface area contributed by atoms with Crippen LogP contribution in [0.1, 0.15) is 137 Å². The van der Waals surface area contributed by atoms with Crippen molar-refractivity contribution in [3.05, 3.63) is 66.2 Å². The van der Waals surface area contributed by atoms with Crippen molar-refractivity contribution in [2.75, 3.05) is 0 Å². The van der Waals surface area contributed by atoms with E-state index in [0.717, 1.165) is 78.7 Å². The van der Waals surface area contributed by atoms with E-state index in [1.54, 1.807) is 5.57 Å². The van der Waals surface area contributed by atoms with E-state index in [2.05, 4.69) is 52.8 Å². The molecule has 4 nitrogen and oxygen atoms in total. The fraction of sp³-hybridized carbons (Fsp3) is 0.652. The Morgan fingerprint density at radius 2 is 1.48 bits per heavy atom. The van der Waals surface area contributed by atoms with Crippen molar-refractivity contribution >= 4 is 11.9 Å². The standard InChI is InChI=1S/C46H64O4/c1-32(2)13-12-14-33(3)40-25-26-41-39-24-21-36-31-38(27-29-45(36,4)42(39)28-30-46(40,41)5)50-44(48)18-11-7-10-17-43(47)49-37-22-19-35(20-23-37)34-15-8-6-9-16-34/h6,8-9,15-16,19-23,32-33,38-42H,7,10-14,17-18,24-31H2,1-5H3/t33-,38?,39+,40-,41+,42+,45+,46-/m1/s1. The molecule has 4 aliphatic rings. The number of allylic oxidation sites excluding steroid dienone is 1. The van der Waals surface area contributed by atoms with Crippen molar-refractivity contribution in [1.82, 2.24) is 0 Å². The molecule has 2 aromatic rings. The highest BCUT2D eigenvalue weighted by Crippen LogP contribution is 2.67. The Kier molecular flexibility index (Phi) is 12.0. The maximum atomic E-state index is 12.9. The van der Waals surface area contributed by atoms with Crippen LogP contribution in [0.2, 0.25) is 0 Å². The lowest BCUT2D eigenvalue weighted by Gasteiger charge is -2.58. The quantitative estimate of drug-likeness (QED) is 0.0862. The van der Waals surface area contributed by atoms with Gasteiger partial charge in [-0.25, -0.2) is 0 Å². The summed E-state index contributed by atoms with van der Waals surface area (Å²) in [6, 6.07) is 17.8. The van der Waals surface area contributed by atoms with E-state index in [4.69, 9.17) is 9.47 Å². The molecule has 4 heteroatoms. The Balaban J connectivity index is 0.911. The molecule has 0 aliphatic heterocycles. The summed E-state index contributed by atoms with van der Waals surface area (Å²) in [5, 5.41) is 0. The second kappa shape index (κ2) is 16.2. The number of esters is 2. The normalized spacial score (nSPS) is 30.8. The van der Waals surface area contributed by atoms with E-state index in [1.807, 2.05) is 42.5 Å². The van der Waals surface area contributed by atoms with Crippen molar-refractivity contribution in [1.29, 1.82) is 0 Å². The zero-order chi connectivity index (χ0) is 35.3. The second-order valence-corrected chi connectivity index (χ2v) is 17.6. The molecule has 50 heavy (non-hydrogen) atoms. The largest absolute Gasteiger partial charge is 0.462 e. The minimum absolute atomic E-state index is 0.0121. The van der Waals surface area contributed by atoms with E-state index in [-0.39, 0.29) is 23.5 Å². The molecule has 2 aromatic carbocycles.